The van der Waals surface area contributed by atoms with Crippen LogP contribution in [0.15, 0.2) is 42.7 Å². The number of hydrogen-bond acceptors (Lipinski definition) is 5. The quantitative estimate of drug-likeness (QED) is 0.497. The second-order valence-electron chi connectivity index (χ2n) is 6.79. The molecule has 1 N–H and O–H groups in total. The van der Waals surface area contributed by atoms with Crippen molar-refractivity contribution in [3.05, 3.63) is 65.6 Å². The molecule has 2 aromatic carbocycles. The van der Waals surface area contributed by atoms with Crippen LogP contribution >= 0.6 is 0 Å². The van der Waals surface area contributed by atoms with E-state index < -0.39 is 11.6 Å². The third-order valence-electron chi connectivity index (χ3n) is 5.06. The molecule has 4 rings (SSSR count). The highest BCUT2D eigenvalue weighted by molar-refractivity contribution is 5.95. The number of methoxy groups -OCH3 is 2. The molecule has 154 valence electrons. The van der Waals surface area contributed by atoms with Gasteiger partial charge in [-0.2, -0.15) is 0 Å². The van der Waals surface area contributed by atoms with Crippen molar-refractivity contribution >= 4 is 22.5 Å². The highest BCUT2D eigenvalue weighted by Gasteiger charge is 2.19. The van der Waals surface area contributed by atoms with Gasteiger partial charge >= 0.3 is 0 Å². The first-order chi connectivity index (χ1) is 14.4. The van der Waals surface area contributed by atoms with Gasteiger partial charge < -0.3 is 14.8 Å². The van der Waals surface area contributed by atoms with E-state index in [1.165, 1.54) is 18.5 Å². The van der Waals surface area contributed by atoms with Gasteiger partial charge in [0.15, 0.2) is 5.65 Å². The molecule has 4 aromatic rings. The van der Waals surface area contributed by atoms with Gasteiger partial charge in [-0.3, -0.25) is 4.57 Å². The zero-order valence-electron chi connectivity index (χ0n) is 17.0. The highest BCUT2D eigenvalue weighted by Crippen LogP contribution is 2.36. The molecule has 0 amide bonds. The molecule has 0 bridgehead atoms. The van der Waals surface area contributed by atoms with E-state index in [2.05, 4.69) is 15.3 Å². The Morgan fingerprint density at radius 1 is 0.933 bits per heavy atom. The fourth-order valence-electron chi connectivity index (χ4n) is 3.51. The smallest absolute Gasteiger partial charge is 0.150 e. The standard InChI is InChI=1S/C22H20F2N4O2/c1-12-13(2)28(16-8-14(23)7-15(24)9-16)22-20(12)21(25-11-26-22)27-18-6-5-17(29-3)10-19(18)30-4/h5-11H,1-4H3,(H,25,26,27). The Morgan fingerprint density at radius 3 is 2.33 bits per heavy atom. The summed E-state index contributed by atoms with van der Waals surface area (Å²) in [5, 5.41) is 4.03. The van der Waals surface area contributed by atoms with E-state index in [4.69, 9.17) is 9.47 Å². The zero-order valence-corrected chi connectivity index (χ0v) is 17.0. The molecule has 0 fully saturated rings. The van der Waals surface area contributed by atoms with Crippen LogP contribution in [-0.4, -0.2) is 28.8 Å². The summed E-state index contributed by atoms with van der Waals surface area (Å²) in [6, 6.07) is 8.79. The number of hydrogen-bond donors (Lipinski definition) is 1. The van der Waals surface area contributed by atoms with E-state index in [0.717, 1.165) is 22.7 Å². The Morgan fingerprint density at radius 2 is 1.67 bits per heavy atom. The summed E-state index contributed by atoms with van der Waals surface area (Å²) in [5.41, 5.74) is 3.29. The predicted molar refractivity (Wildman–Crippen MR) is 111 cm³/mol. The number of nitrogens with zero attached hydrogens (tertiary/aromatic N) is 3. The molecule has 30 heavy (non-hydrogen) atoms. The molecular weight excluding hydrogens is 390 g/mol. The van der Waals surface area contributed by atoms with Crippen molar-refractivity contribution < 1.29 is 18.3 Å². The summed E-state index contributed by atoms with van der Waals surface area (Å²) >= 11 is 0. The van der Waals surface area contributed by atoms with Gasteiger partial charge in [0.2, 0.25) is 0 Å². The SMILES string of the molecule is COc1ccc(Nc2ncnc3c2c(C)c(C)n3-c2cc(F)cc(F)c2)c(OC)c1. The number of anilines is 2. The Bertz CT molecular complexity index is 1230. The van der Waals surface area contributed by atoms with Crippen molar-refractivity contribution in [3.63, 3.8) is 0 Å². The highest BCUT2D eigenvalue weighted by atomic mass is 19.1. The molecule has 8 heteroatoms. The number of benzene rings is 2. The zero-order chi connectivity index (χ0) is 21.4. The van der Waals surface area contributed by atoms with E-state index in [1.807, 2.05) is 26.0 Å². The normalized spacial score (nSPS) is 11.0. The average Bonchev–Trinajstić information content (AvgIpc) is 2.98. The van der Waals surface area contributed by atoms with Crippen LogP contribution in [-0.2, 0) is 0 Å². The molecule has 0 saturated carbocycles. The van der Waals surface area contributed by atoms with E-state index >= 15 is 0 Å². The third-order valence-corrected chi connectivity index (χ3v) is 5.06. The Kier molecular flexibility index (Phi) is 4.99. The molecule has 0 aliphatic rings. The number of rotatable bonds is 5. The molecule has 0 atom stereocenters. The summed E-state index contributed by atoms with van der Waals surface area (Å²) in [6.07, 6.45) is 1.41. The van der Waals surface area contributed by atoms with Crippen molar-refractivity contribution in [1.82, 2.24) is 14.5 Å². The van der Waals surface area contributed by atoms with E-state index in [-0.39, 0.29) is 0 Å². The maximum absolute atomic E-state index is 13.8. The lowest BCUT2D eigenvalue weighted by molar-refractivity contribution is 0.395. The van der Waals surface area contributed by atoms with E-state index in [0.29, 0.717) is 34.3 Å². The number of aromatic nitrogens is 3. The average molecular weight is 410 g/mol. The van der Waals surface area contributed by atoms with Crippen LogP contribution in [0.5, 0.6) is 11.5 Å². The minimum atomic E-state index is -0.653. The monoisotopic (exact) mass is 410 g/mol. The Hall–Kier alpha value is -3.68. The van der Waals surface area contributed by atoms with Crippen LogP contribution in [0, 0.1) is 25.5 Å². The van der Waals surface area contributed by atoms with Gasteiger partial charge in [0.25, 0.3) is 0 Å². The third kappa shape index (κ3) is 3.30. The minimum Gasteiger partial charge on any atom is -0.497 e. The molecule has 0 spiro atoms. The van der Waals surface area contributed by atoms with Gasteiger partial charge in [0.05, 0.1) is 31.0 Å². The lowest BCUT2D eigenvalue weighted by Crippen LogP contribution is -2.01. The van der Waals surface area contributed by atoms with Crippen molar-refractivity contribution in [1.29, 1.82) is 0 Å². The fourth-order valence-corrected chi connectivity index (χ4v) is 3.51. The fraction of sp³-hybridized carbons (Fsp3) is 0.182. The molecule has 2 heterocycles. The summed E-state index contributed by atoms with van der Waals surface area (Å²) in [4.78, 5) is 8.78. The first-order valence-electron chi connectivity index (χ1n) is 9.21. The van der Waals surface area contributed by atoms with E-state index in [9.17, 15) is 8.78 Å². The molecular formula is C22H20F2N4O2. The molecule has 6 nitrogen and oxygen atoms in total. The maximum atomic E-state index is 13.8. The van der Waals surface area contributed by atoms with Crippen LogP contribution < -0.4 is 14.8 Å². The summed E-state index contributed by atoms with van der Waals surface area (Å²) in [7, 11) is 3.15. The van der Waals surface area contributed by atoms with Crippen LogP contribution in [0.3, 0.4) is 0 Å². The van der Waals surface area contributed by atoms with Crippen LogP contribution in [0.1, 0.15) is 11.3 Å². The van der Waals surface area contributed by atoms with Gasteiger partial charge in [-0.25, -0.2) is 18.7 Å². The minimum absolute atomic E-state index is 0.356. The number of ether oxygens (including phenoxy) is 2. The van der Waals surface area contributed by atoms with Gasteiger partial charge in [0, 0.05) is 17.8 Å². The van der Waals surface area contributed by atoms with Crippen molar-refractivity contribution in [3.8, 4) is 17.2 Å². The van der Waals surface area contributed by atoms with Gasteiger partial charge in [-0.15, -0.1) is 0 Å². The summed E-state index contributed by atoms with van der Waals surface area (Å²) in [6.45, 7) is 3.79. The van der Waals surface area contributed by atoms with Gasteiger partial charge in [-0.05, 0) is 43.7 Å². The molecule has 0 unspecified atom stereocenters. The van der Waals surface area contributed by atoms with Crippen LogP contribution in [0.25, 0.3) is 16.7 Å². The molecule has 0 saturated heterocycles. The summed E-state index contributed by atoms with van der Waals surface area (Å²) < 4.78 is 40.1. The second kappa shape index (κ2) is 7.62. The number of nitrogens with one attached hydrogen (secondary N) is 1. The Balaban J connectivity index is 1.88. The van der Waals surface area contributed by atoms with Crippen molar-refractivity contribution in [2.45, 2.75) is 13.8 Å². The number of fused-ring (bicyclic) bond motifs is 1. The summed E-state index contributed by atoms with van der Waals surface area (Å²) in [5.74, 6) is 0.497. The second-order valence-corrected chi connectivity index (χ2v) is 6.79. The first kappa shape index (κ1) is 19.6. The lowest BCUT2D eigenvalue weighted by Gasteiger charge is -2.13. The number of aryl methyl sites for hydroxylation is 1. The molecule has 0 aliphatic carbocycles. The largest absolute Gasteiger partial charge is 0.497 e. The lowest BCUT2D eigenvalue weighted by atomic mass is 10.2. The maximum Gasteiger partial charge on any atom is 0.150 e. The Labute approximate surface area is 172 Å². The predicted octanol–water partition coefficient (Wildman–Crippen LogP) is 5.08. The van der Waals surface area contributed by atoms with Gasteiger partial charge in [-0.1, -0.05) is 0 Å². The molecule has 2 aromatic heterocycles. The first-order valence-corrected chi connectivity index (χ1v) is 9.21. The van der Waals surface area contributed by atoms with Crippen molar-refractivity contribution in [2.24, 2.45) is 0 Å². The molecule has 0 aliphatic heterocycles. The van der Waals surface area contributed by atoms with E-state index in [1.54, 1.807) is 24.9 Å². The van der Waals surface area contributed by atoms with Crippen molar-refractivity contribution in [2.75, 3.05) is 19.5 Å². The molecule has 0 radical (unpaired) electrons. The topological polar surface area (TPSA) is 61.2 Å². The number of halogens is 2. The van der Waals surface area contributed by atoms with Crippen LogP contribution in [0.2, 0.25) is 0 Å². The van der Waals surface area contributed by atoms with Gasteiger partial charge in [0.1, 0.15) is 35.3 Å². The van der Waals surface area contributed by atoms with Crippen LogP contribution in [0.4, 0.5) is 20.3 Å².